The van der Waals surface area contributed by atoms with E-state index in [9.17, 15) is 13.2 Å². The summed E-state index contributed by atoms with van der Waals surface area (Å²) in [6.45, 7) is 1.33. The van der Waals surface area contributed by atoms with Crippen LogP contribution in [-0.2, 0) is 10.0 Å². The molecule has 0 aromatic carbocycles. The Bertz CT molecular complexity index is 364. The second-order valence-electron chi connectivity index (χ2n) is 4.24. The number of sulfonamides is 1. The van der Waals surface area contributed by atoms with Crippen molar-refractivity contribution in [3.63, 3.8) is 0 Å². The van der Waals surface area contributed by atoms with E-state index < -0.39 is 10.0 Å². The molecule has 1 aliphatic heterocycles. The van der Waals surface area contributed by atoms with Crippen LogP contribution in [0, 0.1) is 0 Å². The standard InChI is InChI=1S/C9H17N3O3S/c13-9(11-8-2-3-8)10-4-6-12-5-1-7-16(12,14)15/h8H,1-7H2,(H2,10,11,13). The quantitative estimate of drug-likeness (QED) is 0.702. The van der Waals surface area contributed by atoms with Gasteiger partial charge in [0.25, 0.3) is 0 Å². The van der Waals surface area contributed by atoms with Gasteiger partial charge in [-0.1, -0.05) is 0 Å². The molecule has 0 spiro atoms. The third kappa shape index (κ3) is 3.08. The van der Waals surface area contributed by atoms with E-state index in [0.717, 1.165) is 12.8 Å². The minimum Gasteiger partial charge on any atom is -0.337 e. The van der Waals surface area contributed by atoms with Crippen molar-refractivity contribution in [3.05, 3.63) is 0 Å². The van der Waals surface area contributed by atoms with E-state index in [1.807, 2.05) is 0 Å². The maximum absolute atomic E-state index is 11.4. The number of carbonyl (C=O) groups excluding carboxylic acids is 1. The van der Waals surface area contributed by atoms with Gasteiger partial charge in [0.2, 0.25) is 10.0 Å². The molecule has 2 N–H and O–H groups in total. The lowest BCUT2D eigenvalue weighted by Crippen LogP contribution is -2.41. The molecule has 1 saturated heterocycles. The highest BCUT2D eigenvalue weighted by molar-refractivity contribution is 7.89. The van der Waals surface area contributed by atoms with Gasteiger partial charge in [0.15, 0.2) is 0 Å². The van der Waals surface area contributed by atoms with Gasteiger partial charge in [0, 0.05) is 25.7 Å². The summed E-state index contributed by atoms with van der Waals surface area (Å²) in [4.78, 5) is 11.2. The zero-order chi connectivity index (χ0) is 11.6. The number of nitrogens with zero attached hydrogens (tertiary/aromatic N) is 1. The van der Waals surface area contributed by atoms with Crippen LogP contribution in [0.25, 0.3) is 0 Å². The van der Waals surface area contributed by atoms with Crippen molar-refractivity contribution in [2.45, 2.75) is 25.3 Å². The van der Waals surface area contributed by atoms with Gasteiger partial charge in [-0.2, -0.15) is 0 Å². The summed E-state index contributed by atoms with van der Waals surface area (Å²) < 4.78 is 24.3. The highest BCUT2D eigenvalue weighted by atomic mass is 32.2. The number of urea groups is 1. The van der Waals surface area contributed by atoms with Crippen molar-refractivity contribution in [1.82, 2.24) is 14.9 Å². The molecule has 2 aliphatic rings. The van der Waals surface area contributed by atoms with Gasteiger partial charge >= 0.3 is 6.03 Å². The Balaban J connectivity index is 1.65. The topological polar surface area (TPSA) is 78.5 Å². The van der Waals surface area contributed by atoms with E-state index in [0.29, 0.717) is 32.1 Å². The summed E-state index contributed by atoms with van der Waals surface area (Å²) in [5.74, 6) is 0.237. The number of carbonyl (C=O) groups is 1. The molecule has 0 atom stereocenters. The highest BCUT2D eigenvalue weighted by Crippen LogP contribution is 2.18. The molecule has 2 fully saturated rings. The van der Waals surface area contributed by atoms with Gasteiger partial charge in [0.1, 0.15) is 0 Å². The molecule has 0 aromatic rings. The number of rotatable bonds is 4. The monoisotopic (exact) mass is 247 g/mol. The number of hydrogen-bond donors (Lipinski definition) is 2. The van der Waals surface area contributed by atoms with Gasteiger partial charge in [0.05, 0.1) is 5.75 Å². The van der Waals surface area contributed by atoms with Crippen LogP contribution in [0.4, 0.5) is 4.79 Å². The largest absolute Gasteiger partial charge is 0.337 e. The SMILES string of the molecule is O=C(NCCN1CCCS1(=O)=O)NC1CC1. The average molecular weight is 247 g/mol. The molecule has 16 heavy (non-hydrogen) atoms. The van der Waals surface area contributed by atoms with Crippen LogP contribution in [0.2, 0.25) is 0 Å². The van der Waals surface area contributed by atoms with E-state index in [-0.39, 0.29) is 11.8 Å². The average Bonchev–Trinajstić information content (AvgIpc) is 2.93. The molecule has 2 rings (SSSR count). The van der Waals surface area contributed by atoms with Crippen molar-refractivity contribution < 1.29 is 13.2 Å². The van der Waals surface area contributed by atoms with E-state index in [2.05, 4.69) is 10.6 Å². The second-order valence-corrected chi connectivity index (χ2v) is 6.33. The van der Waals surface area contributed by atoms with Gasteiger partial charge in [-0.15, -0.1) is 0 Å². The van der Waals surface area contributed by atoms with Gasteiger partial charge in [-0.25, -0.2) is 17.5 Å². The summed E-state index contributed by atoms with van der Waals surface area (Å²) in [5.41, 5.74) is 0. The van der Waals surface area contributed by atoms with Crippen molar-refractivity contribution >= 4 is 16.1 Å². The smallest absolute Gasteiger partial charge is 0.315 e. The first-order chi connectivity index (χ1) is 7.58. The van der Waals surface area contributed by atoms with Crippen LogP contribution in [0.15, 0.2) is 0 Å². The van der Waals surface area contributed by atoms with Crippen molar-refractivity contribution in [3.8, 4) is 0 Å². The van der Waals surface area contributed by atoms with E-state index in [4.69, 9.17) is 0 Å². The van der Waals surface area contributed by atoms with Gasteiger partial charge < -0.3 is 10.6 Å². The van der Waals surface area contributed by atoms with Gasteiger partial charge in [-0.3, -0.25) is 0 Å². The fourth-order valence-corrected chi connectivity index (χ4v) is 3.23. The van der Waals surface area contributed by atoms with Crippen LogP contribution >= 0.6 is 0 Å². The first-order valence-electron chi connectivity index (χ1n) is 5.60. The van der Waals surface area contributed by atoms with Crippen molar-refractivity contribution in [2.24, 2.45) is 0 Å². The van der Waals surface area contributed by atoms with Crippen LogP contribution in [-0.4, -0.2) is 50.2 Å². The Labute approximate surface area is 95.4 Å². The lowest BCUT2D eigenvalue weighted by molar-refractivity contribution is 0.239. The molecule has 2 amide bonds. The molecule has 6 nitrogen and oxygen atoms in total. The van der Waals surface area contributed by atoms with Crippen LogP contribution in [0.1, 0.15) is 19.3 Å². The second kappa shape index (κ2) is 4.58. The van der Waals surface area contributed by atoms with Crippen LogP contribution in [0.5, 0.6) is 0 Å². The minimum atomic E-state index is -3.03. The lowest BCUT2D eigenvalue weighted by atomic mass is 10.5. The predicted molar refractivity (Wildman–Crippen MR) is 59.5 cm³/mol. The molecular formula is C9H17N3O3S. The molecular weight excluding hydrogens is 230 g/mol. The first kappa shape index (κ1) is 11.7. The Kier molecular flexibility index (Phi) is 3.34. The molecule has 0 aromatic heterocycles. The molecule has 1 saturated carbocycles. The Morgan fingerprint density at radius 1 is 1.38 bits per heavy atom. The first-order valence-corrected chi connectivity index (χ1v) is 7.21. The van der Waals surface area contributed by atoms with E-state index >= 15 is 0 Å². The molecule has 0 unspecified atom stereocenters. The number of nitrogens with one attached hydrogen (secondary N) is 2. The van der Waals surface area contributed by atoms with Crippen molar-refractivity contribution in [2.75, 3.05) is 25.4 Å². The summed E-state index contributed by atoms with van der Waals surface area (Å²) in [5, 5.41) is 5.44. The maximum Gasteiger partial charge on any atom is 0.315 e. The van der Waals surface area contributed by atoms with E-state index in [1.54, 1.807) is 0 Å². The van der Waals surface area contributed by atoms with Crippen LogP contribution < -0.4 is 10.6 Å². The fourth-order valence-electron chi connectivity index (χ4n) is 1.70. The normalized spacial score (nSPS) is 24.2. The molecule has 0 radical (unpaired) electrons. The molecule has 92 valence electrons. The summed E-state index contributed by atoms with van der Waals surface area (Å²) in [6, 6.07) is 0.134. The lowest BCUT2D eigenvalue weighted by Gasteiger charge is -2.14. The predicted octanol–water partition coefficient (Wildman–Crippen LogP) is -0.516. The molecule has 1 aliphatic carbocycles. The van der Waals surface area contributed by atoms with Crippen molar-refractivity contribution in [1.29, 1.82) is 0 Å². The summed E-state index contributed by atoms with van der Waals surface area (Å²) in [7, 11) is -3.03. The number of amides is 2. The Hall–Kier alpha value is -0.820. The van der Waals surface area contributed by atoms with Gasteiger partial charge in [-0.05, 0) is 19.3 Å². The maximum atomic E-state index is 11.4. The Morgan fingerprint density at radius 2 is 2.12 bits per heavy atom. The zero-order valence-corrected chi connectivity index (χ0v) is 9.92. The van der Waals surface area contributed by atoms with E-state index in [1.165, 1.54) is 4.31 Å². The molecule has 7 heteroatoms. The molecule has 1 heterocycles. The Morgan fingerprint density at radius 3 is 2.69 bits per heavy atom. The summed E-state index contributed by atoms with van der Waals surface area (Å²) in [6.07, 6.45) is 2.79. The molecule has 0 bridgehead atoms. The third-order valence-electron chi connectivity index (χ3n) is 2.76. The minimum absolute atomic E-state index is 0.195. The zero-order valence-electron chi connectivity index (χ0n) is 9.11. The number of hydrogen-bond acceptors (Lipinski definition) is 3. The third-order valence-corrected chi connectivity index (χ3v) is 4.72. The fraction of sp³-hybridized carbons (Fsp3) is 0.889. The summed E-state index contributed by atoms with van der Waals surface area (Å²) >= 11 is 0. The van der Waals surface area contributed by atoms with Crippen LogP contribution in [0.3, 0.4) is 0 Å². The highest BCUT2D eigenvalue weighted by Gasteiger charge is 2.28.